The third kappa shape index (κ3) is 5.72. The predicted molar refractivity (Wildman–Crippen MR) is 125 cm³/mol. The summed E-state index contributed by atoms with van der Waals surface area (Å²) in [5, 5.41) is 6.95. The molecule has 1 aliphatic rings. The Labute approximate surface area is 198 Å². The van der Waals surface area contributed by atoms with Gasteiger partial charge in [-0.3, -0.25) is 4.79 Å². The molecule has 180 valence electrons. The second-order valence-corrected chi connectivity index (χ2v) is 9.82. The standard InChI is InChI=1S/C23H27N5O5S/c1-32-20-5-7-22(8-6-20)34(30,31)28-11-9-18(10-12-28)23(29)26-19-3-2-4-21(15-19)33-14-13-27-17-24-16-25-27/h2-8,15-18H,9-14H2,1H3,(H,26,29). The first-order valence-electron chi connectivity index (χ1n) is 11.0. The Morgan fingerprint density at radius 3 is 2.56 bits per heavy atom. The van der Waals surface area contributed by atoms with E-state index in [1.54, 1.807) is 35.3 Å². The predicted octanol–water partition coefficient (Wildman–Crippen LogP) is 2.41. The van der Waals surface area contributed by atoms with Gasteiger partial charge in [-0.1, -0.05) is 6.07 Å². The van der Waals surface area contributed by atoms with Crippen LogP contribution in [-0.2, 0) is 21.4 Å². The molecule has 1 saturated heterocycles. The summed E-state index contributed by atoms with van der Waals surface area (Å²) in [5.41, 5.74) is 0.636. The number of amides is 1. The van der Waals surface area contributed by atoms with Crippen LogP contribution in [0.3, 0.4) is 0 Å². The van der Waals surface area contributed by atoms with Crippen LogP contribution in [0.25, 0.3) is 0 Å². The lowest BCUT2D eigenvalue weighted by molar-refractivity contribution is -0.120. The Balaban J connectivity index is 1.28. The highest BCUT2D eigenvalue weighted by Gasteiger charge is 2.32. The molecule has 34 heavy (non-hydrogen) atoms. The number of piperidine rings is 1. The first-order chi connectivity index (χ1) is 16.5. The Morgan fingerprint density at radius 1 is 1.12 bits per heavy atom. The number of rotatable bonds is 9. The highest BCUT2D eigenvalue weighted by molar-refractivity contribution is 7.89. The van der Waals surface area contributed by atoms with Gasteiger partial charge in [-0.05, 0) is 49.2 Å². The Morgan fingerprint density at radius 2 is 1.88 bits per heavy atom. The summed E-state index contributed by atoms with van der Waals surface area (Å²) < 4.78 is 39.8. The zero-order valence-corrected chi connectivity index (χ0v) is 19.6. The minimum atomic E-state index is -3.61. The Bertz CT molecular complexity index is 1190. The summed E-state index contributed by atoms with van der Waals surface area (Å²) in [4.78, 5) is 16.9. The van der Waals surface area contributed by atoms with Crippen molar-refractivity contribution in [3.05, 3.63) is 61.2 Å². The Hall–Kier alpha value is -3.44. The first-order valence-corrected chi connectivity index (χ1v) is 12.4. The van der Waals surface area contributed by atoms with E-state index in [4.69, 9.17) is 9.47 Å². The van der Waals surface area contributed by atoms with Gasteiger partial charge in [0, 0.05) is 30.8 Å². The van der Waals surface area contributed by atoms with E-state index in [2.05, 4.69) is 15.4 Å². The zero-order chi connectivity index (χ0) is 24.0. The molecule has 11 heteroatoms. The van der Waals surface area contributed by atoms with Gasteiger partial charge >= 0.3 is 0 Å². The number of nitrogens with zero attached hydrogens (tertiary/aromatic N) is 4. The second-order valence-electron chi connectivity index (χ2n) is 7.88. The van der Waals surface area contributed by atoms with Crippen LogP contribution in [0.15, 0.2) is 66.1 Å². The van der Waals surface area contributed by atoms with Crippen molar-refractivity contribution in [1.29, 1.82) is 0 Å². The molecule has 1 N–H and O–H groups in total. The maximum Gasteiger partial charge on any atom is 0.243 e. The lowest BCUT2D eigenvalue weighted by atomic mass is 9.97. The van der Waals surface area contributed by atoms with Crippen molar-refractivity contribution in [2.24, 2.45) is 5.92 Å². The molecule has 1 amide bonds. The number of aromatic nitrogens is 3. The number of ether oxygens (including phenoxy) is 2. The van der Waals surface area contributed by atoms with Crippen molar-refractivity contribution in [3.8, 4) is 11.5 Å². The molecule has 2 aromatic carbocycles. The minimum Gasteiger partial charge on any atom is -0.497 e. The minimum absolute atomic E-state index is 0.124. The molecular formula is C23H27N5O5S. The van der Waals surface area contributed by atoms with Gasteiger partial charge in [0.2, 0.25) is 15.9 Å². The number of sulfonamides is 1. The molecule has 0 saturated carbocycles. The number of benzene rings is 2. The van der Waals surface area contributed by atoms with Crippen molar-refractivity contribution in [3.63, 3.8) is 0 Å². The zero-order valence-electron chi connectivity index (χ0n) is 18.8. The fraction of sp³-hybridized carbons (Fsp3) is 0.348. The van der Waals surface area contributed by atoms with E-state index in [9.17, 15) is 13.2 Å². The lowest BCUT2D eigenvalue weighted by Gasteiger charge is -2.30. The Kier molecular flexibility index (Phi) is 7.43. The molecule has 0 unspecified atom stereocenters. The second kappa shape index (κ2) is 10.7. The highest BCUT2D eigenvalue weighted by atomic mass is 32.2. The maximum absolute atomic E-state index is 12.9. The smallest absolute Gasteiger partial charge is 0.243 e. The van der Waals surface area contributed by atoms with Gasteiger partial charge in [-0.25, -0.2) is 18.1 Å². The van der Waals surface area contributed by atoms with Crippen LogP contribution < -0.4 is 14.8 Å². The van der Waals surface area contributed by atoms with Crippen LogP contribution in [0.2, 0.25) is 0 Å². The molecule has 3 aromatic rings. The van der Waals surface area contributed by atoms with Crippen LogP contribution in [0.4, 0.5) is 5.69 Å². The van der Waals surface area contributed by atoms with E-state index in [0.717, 1.165) is 0 Å². The largest absolute Gasteiger partial charge is 0.497 e. The topological polar surface area (TPSA) is 116 Å². The van der Waals surface area contributed by atoms with Crippen molar-refractivity contribution in [1.82, 2.24) is 19.1 Å². The van der Waals surface area contributed by atoms with Crippen LogP contribution in [0, 0.1) is 5.92 Å². The maximum atomic E-state index is 12.9. The van der Waals surface area contributed by atoms with Crippen molar-refractivity contribution < 1.29 is 22.7 Å². The summed E-state index contributed by atoms with van der Waals surface area (Å²) in [7, 11) is -2.08. The highest BCUT2D eigenvalue weighted by Crippen LogP contribution is 2.26. The molecule has 0 radical (unpaired) electrons. The van der Waals surface area contributed by atoms with Gasteiger partial charge in [-0.15, -0.1) is 0 Å². The molecule has 0 spiro atoms. The van der Waals surface area contributed by atoms with E-state index in [1.807, 2.05) is 12.1 Å². The van der Waals surface area contributed by atoms with Gasteiger partial charge in [0.25, 0.3) is 0 Å². The monoisotopic (exact) mass is 485 g/mol. The van der Waals surface area contributed by atoms with Crippen molar-refractivity contribution in [2.75, 3.05) is 32.1 Å². The molecule has 0 bridgehead atoms. The van der Waals surface area contributed by atoms with E-state index in [1.165, 1.54) is 29.9 Å². The van der Waals surface area contributed by atoms with Gasteiger partial charge in [0.15, 0.2) is 0 Å². The average Bonchev–Trinajstić information content (AvgIpc) is 3.38. The molecule has 0 aliphatic carbocycles. The van der Waals surface area contributed by atoms with Gasteiger partial charge in [-0.2, -0.15) is 9.40 Å². The number of hydrogen-bond acceptors (Lipinski definition) is 7. The first kappa shape index (κ1) is 23.7. The summed E-state index contributed by atoms with van der Waals surface area (Å²) in [6.07, 6.45) is 3.99. The summed E-state index contributed by atoms with van der Waals surface area (Å²) in [6.45, 7) is 1.56. The molecule has 10 nitrogen and oxygen atoms in total. The molecule has 2 heterocycles. The summed E-state index contributed by atoms with van der Waals surface area (Å²) in [6, 6.07) is 13.5. The van der Waals surface area contributed by atoms with Gasteiger partial charge in [0.1, 0.15) is 30.8 Å². The van der Waals surface area contributed by atoms with E-state index in [0.29, 0.717) is 43.2 Å². The summed E-state index contributed by atoms with van der Waals surface area (Å²) in [5.74, 6) is 0.845. The van der Waals surface area contributed by atoms with Crippen LogP contribution in [0.5, 0.6) is 11.5 Å². The number of carbonyl (C=O) groups excluding carboxylic acids is 1. The molecule has 4 rings (SSSR count). The van der Waals surface area contributed by atoms with Crippen molar-refractivity contribution in [2.45, 2.75) is 24.3 Å². The number of hydrogen-bond donors (Lipinski definition) is 1. The fourth-order valence-corrected chi connectivity index (χ4v) is 5.24. The normalized spacial score (nSPS) is 15.1. The van der Waals surface area contributed by atoms with Crippen LogP contribution >= 0.6 is 0 Å². The average molecular weight is 486 g/mol. The van der Waals surface area contributed by atoms with E-state index in [-0.39, 0.29) is 29.8 Å². The lowest BCUT2D eigenvalue weighted by Crippen LogP contribution is -2.41. The third-order valence-corrected chi connectivity index (χ3v) is 7.59. The summed E-state index contributed by atoms with van der Waals surface area (Å²) >= 11 is 0. The number of nitrogens with one attached hydrogen (secondary N) is 1. The molecule has 1 fully saturated rings. The van der Waals surface area contributed by atoms with Crippen LogP contribution in [0.1, 0.15) is 12.8 Å². The molecule has 0 atom stereocenters. The number of methoxy groups -OCH3 is 1. The van der Waals surface area contributed by atoms with Gasteiger partial charge < -0.3 is 14.8 Å². The molecular weight excluding hydrogens is 458 g/mol. The van der Waals surface area contributed by atoms with Crippen molar-refractivity contribution >= 4 is 21.6 Å². The molecule has 1 aliphatic heterocycles. The van der Waals surface area contributed by atoms with Crippen LogP contribution in [-0.4, -0.2) is 60.2 Å². The van der Waals surface area contributed by atoms with Gasteiger partial charge in [0.05, 0.1) is 18.6 Å². The molecule has 1 aromatic heterocycles. The third-order valence-electron chi connectivity index (χ3n) is 5.68. The fourth-order valence-electron chi connectivity index (χ4n) is 3.77. The SMILES string of the molecule is COc1ccc(S(=O)(=O)N2CCC(C(=O)Nc3cccc(OCCn4cncn4)c3)CC2)cc1. The number of carbonyl (C=O) groups is 1. The number of anilines is 1. The van der Waals surface area contributed by atoms with E-state index < -0.39 is 10.0 Å². The van der Waals surface area contributed by atoms with E-state index >= 15 is 0 Å². The quantitative estimate of drug-likeness (QED) is 0.495.